The van der Waals surface area contributed by atoms with Crippen LogP contribution in [0.4, 0.5) is 0 Å². The molecule has 0 heterocycles. The van der Waals surface area contributed by atoms with Gasteiger partial charge in [-0.3, -0.25) is 9.59 Å². The van der Waals surface area contributed by atoms with Crippen LogP contribution in [0.2, 0.25) is 0 Å². The Morgan fingerprint density at radius 3 is 2.12 bits per heavy atom. The molecule has 94 valence electrons. The first-order valence-corrected chi connectivity index (χ1v) is 6.60. The molecule has 2 N–H and O–H groups in total. The Bertz CT molecular complexity index is 385. The SMILES string of the molecule is CC(CC(=O)O)NC(=O)C(C)(C)S(C)(=O)=O. The summed E-state index contributed by atoms with van der Waals surface area (Å²) in [5.74, 6) is -1.74. The van der Waals surface area contributed by atoms with Crippen molar-refractivity contribution >= 4 is 21.7 Å². The minimum absolute atomic E-state index is 0.244. The van der Waals surface area contributed by atoms with E-state index in [-0.39, 0.29) is 6.42 Å². The molecule has 0 radical (unpaired) electrons. The second-order valence-electron chi connectivity index (χ2n) is 4.25. The fourth-order valence-corrected chi connectivity index (χ4v) is 1.27. The Balaban J connectivity index is 4.66. The molecule has 0 saturated heterocycles. The molecule has 0 aliphatic rings. The van der Waals surface area contributed by atoms with Gasteiger partial charge in [0.2, 0.25) is 5.91 Å². The Kier molecular flexibility index (Phi) is 4.48. The number of amides is 1. The van der Waals surface area contributed by atoms with Crippen LogP contribution in [-0.4, -0.2) is 42.4 Å². The van der Waals surface area contributed by atoms with E-state index in [0.717, 1.165) is 6.26 Å². The monoisotopic (exact) mass is 251 g/mol. The molecule has 16 heavy (non-hydrogen) atoms. The van der Waals surface area contributed by atoms with E-state index >= 15 is 0 Å². The fourth-order valence-electron chi connectivity index (χ4n) is 0.879. The third-order valence-corrected chi connectivity index (χ3v) is 4.37. The minimum Gasteiger partial charge on any atom is -0.481 e. The van der Waals surface area contributed by atoms with E-state index in [4.69, 9.17) is 5.11 Å². The zero-order chi connectivity index (χ0) is 13.1. The van der Waals surface area contributed by atoms with Crippen LogP contribution in [0, 0.1) is 0 Å². The zero-order valence-corrected chi connectivity index (χ0v) is 10.6. The molecule has 0 aliphatic heterocycles. The lowest BCUT2D eigenvalue weighted by molar-refractivity contribution is -0.137. The second kappa shape index (κ2) is 4.82. The smallest absolute Gasteiger partial charge is 0.305 e. The molecule has 1 atom stereocenters. The maximum atomic E-state index is 11.6. The fraction of sp³-hybridized carbons (Fsp3) is 0.778. The van der Waals surface area contributed by atoms with Crippen molar-refractivity contribution in [1.82, 2.24) is 5.32 Å². The van der Waals surface area contributed by atoms with Gasteiger partial charge in [-0.1, -0.05) is 0 Å². The number of hydrogen-bond donors (Lipinski definition) is 2. The summed E-state index contributed by atoms with van der Waals surface area (Å²) in [5, 5.41) is 10.8. The predicted molar refractivity (Wildman–Crippen MR) is 58.8 cm³/mol. The molecular weight excluding hydrogens is 234 g/mol. The van der Waals surface area contributed by atoms with Crippen LogP contribution in [-0.2, 0) is 19.4 Å². The number of hydrogen-bond acceptors (Lipinski definition) is 4. The van der Waals surface area contributed by atoms with Gasteiger partial charge < -0.3 is 10.4 Å². The van der Waals surface area contributed by atoms with E-state index in [1.54, 1.807) is 0 Å². The maximum absolute atomic E-state index is 11.6. The van der Waals surface area contributed by atoms with E-state index in [1.165, 1.54) is 20.8 Å². The van der Waals surface area contributed by atoms with Crippen LogP contribution in [0.15, 0.2) is 0 Å². The largest absolute Gasteiger partial charge is 0.481 e. The quantitative estimate of drug-likeness (QED) is 0.704. The number of rotatable bonds is 5. The first-order valence-electron chi connectivity index (χ1n) is 4.71. The van der Waals surface area contributed by atoms with Gasteiger partial charge in [-0.05, 0) is 20.8 Å². The van der Waals surface area contributed by atoms with Crippen molar-refractivity contribution < 1.29 is 23.1 Å². The summed E-state index contributed by atoms with van der Waals surface area (Å²) >= 11 is 0. The molecule has 0 saturated carbocycles. The lowest BCUT2D eigenvalue weighted by Crippen LogP contribution is -2.50. The van der Waals surface area contributed by atoms with Gasteiger partial charge >= 0.3 is 5.97 Å². The highest BCUT2D eigenvalue weighted by atomic mass is 32.2. The van der Waals surface area contributed by atoms with Crippen molar-refractivity contribution in [3.63, 3.8) is 0 Å². The highest BCUT2D eigenvalue weighted by molar-refractivity contribution is 7.92. The van der Waals surface area contributed by atoms with Gasteiger partial charge in [0, 0.05) is 12.3 Å². The highest BCUT2D eigenvalue weighted by Crippen LogP contribution is 2.15. The summed E-state index contributed by atoms with van der Waals surface area (Å²) in [6, 6.07) is -0.606. The molecule has 6 nitrogen and oxygen atoms in total. The first kappa shape index (κ1) is 14.9. The van der Waals surface area contributed by atoms with Gasteiger partial charge in [0.1, 0.15) is 4.75 Å². The molecule has 0 aliphatic carbocycles. The van der Waals surface area contributed by atoms with Crippen LogP contribution in [0.25, 0.3) is 0 Å². The van der Waals surface area contributed by atoms with Gasteiger partial charge in [-0.25, -0.2) is 8.42 Å². The third-order valence-electron chi connectivity index (χ3n) is 2.33. The van der Waals surface area contributed by atoms with Gasteiger partial charge in [-0.2, -0.15) is 0 Å². The number of carbonyl (C=O) groups excluding carboxylic acids is 1. The van der Waals surface area contributed by atoms with Gasteiger partial charge in [-0.15, -0.1) is 0 Å². The number of carboxylic acids is 1. The maximum Gasteiger partial charge on any atom is 0.305 e. The van der Waals surface area contributed by atoms with Crippen molar-refractivity contribution in [3.8, 4) is 0 Å². The second-order valence-corrected chi connectivity index (χ2v) is 6.82. The Morgan fingerprint density at radius 1 is 1.38 bits per heavy atom. The normalized spacial score (nSPS) is 14.2. The molecule has 0 aromatic rings. The number of nitrogens with one attached hydrogen (secondary N) is 1. The summed E-state index contributed by atoms with van der Waals surface area (Å²) in [5.41, 5.74) is 0. The van der Waals surface area contributed by atoms with Gasteiger partial charge in [0.15, 0.2) is 9.84 Å². The van der Waals surface area contributed by atoms with E-state index < -0.39 is 32.5 Å². The zero-order valence-electron chi connectivity index (χ0n) is 9.77. The molecule has 0 aromatic carbocycles. The number of aliphatic carboxylic acids is 1. The van der Waals surface area contributed by atoms with Gasteiger partial charge in [0.05, 0.1) is 6.42 Å². The first-order chi connectivity index (χ1) is 6.98. The molecular formula is C9H17NO5S. The van der Waals surface area contributed by atoms with Crippen LogP contribution in [0.5, 0.6) is 0 Å². The lowest BCUT2D eigenvalue weighted by Gasteiger charge is -2.23. The molecule has 0 rings (SSSR count). The summed E-state index contributed by atoms with van der Waals surface area (Å²) in [7, 11) is -3.54. The van der Waals surface area contributed by atoms with E-state index in [9.17, 15) is 18.0 Å². The van der Waals surface area contributed by atoms with Crippen molar-refractivity contribution in [2.45, 2.75) is 38.0 Å². The summed E-state index contributed by atoms with van der Waals surface area (Å²) in [6.07, 6.45) is 0.722. The molecule has 1 amide bonds. The van der Waals surface area contributed by atoms with Crippen molar-refractivity contribution in [3.05, 3.63) is 0 Å². The Morgan fingerprint density at radius 2 is 1.81 bits per heavy atom. The topological polar surface area (TPSA) is 101 Å². The van der Waals surface area contributed by atoms with Crippen LogP contribution in [0.3, 0.4) is 0 Å². The lowest BCUT2D eigenvalue weighted by atomic mass is 10.1. The third kappa shape index (κ3) is 3.80. The molecule has 0 spiro atoms. The standard InChI is InChI=1S/C9H17NO5S/c1-6(5-7(11)12)10-8(13)9(2,3)16(4,14)15/h6H,5H2,1-4H3,(H,10,13)(H,11,12). The van der Waals surface area contributed by atoms with Gasteiger partial charge in [0.25, 0.3) is 0 Å². The average molecular weight is 251 g/mol. The summed E-state index contributed by atoms with van der Waals surface area (Å²) < 4.78 is 21.1. The van der Waals surface area contributed by atoms with E-state index in [0.29, 0.717) is 0 Å². The number of sulfone groups is 1. The Hall–Kier alpha value is -1.11. The molecule has 1 unspecified atom stereocenters. The number of carbonyl (C=O) groups is 2. The van der Waals surface area contributed by atoms with Crippen LogP contribution >= 0.6 is 0 Å². The average Bonchev–Trinajstić information content (AvgIpc) is 1.99. The van der Waals surface area contributed by atoms with E-state index in [1.807, 2.05) is 0 Å². The van der Waals surface area contributed by atoms with Crippen LogP contribution < -0.4 is 5.32 Å². The van der Waals surface area contributed by atoms with E-state index in [2.05, 4.69) is 5.32 Å². The van der Waals surface area contributed by atoms with Crippen molar-refractivity contribution in [1.29, 1.82) is 0 Å². The highest BCUT2D eigenvalue weighted by Gasteiger charge is 2.38. The predicted octanol–water partition coefficient (Wildman–Crippen LogP) is -0.211. The number of carboxylic acid groups (broad SMARTS) is 1. The minimum atomic E-state index is -3.54. The summed E-state index contributed by atoms with van der Waals surface area (Å²) in [4.78, 5) is 22.0. The molecule has 0 bridgehead atoms. The molecule has 0 fully saturated rings. The Labute approximate surface area is 95.0 Å². The van der Waals surface area contributed by atoms with Crippen molar-refractivity contribution in [2.24, 2.45) is 0 Å². The molecule has 0 aromatic heterocycles. The summed E-state index contributed by atoms with van der Waals surface area (Å²) in [6.45, 7) is 4.07. The van der Waals surface area contributed by atoms with Crippen molar-refractivity contribution in [2.75, 3.05) is 6.26 Å². The van der Waals surface area contributed by atoms with Crippen LogP contribution in [0.1, 0.15) is 27.2 Å². The molecule has 7 heteroatoms.